The minimum absolute atomic E-state index is 0.0224. The molecule has 9 amide bonds. The van der Waals surface area contributed by atoms with Gasteiger partial charge in [0.15, 0.2) is 0 Å². The van der Waals surface area contributed by atoms with E-state index in [4.69, 9.17) is 0 Å². The number of thioether (sulfide) groups is 6. The first kappa shape index (κ1) is 96.0. The third kappa shape index (κ3) is 31.2. The van der Waals surface area contributed by atoms with E-state index >= 15 is 0 Å². The Kier molecular flexibility index (Phi) is 38.8. The van der Waals surface area contributed by atoms with Gasteiger partial charge in [0.2, 0.25) is 83.9 Å². The number of likely N-dealkylation sites (N-methyl/N-ethyl adjacent to an activating group) is 3. The molecule has 6 atom stereocenters. The van der Waals surface area contributed by atoms with E-state index in [1.807, 2.05) is 0 Å². The topological polar surface area (TPSA) is 399 Å². The first-order valence-corrected chi connectivity index (χ1v) is 39.4. The van der Waals surface area contributed by atoms with Gasteiger partial charge in [-0.25, -0.2) is 26.3 Å². The van der Waals surface area contributed by atoms with Crippen molar-refractivity contribution in [1.29, 1.82) is 0 Å². The zero-order chi connectivity index (χ0) is 85.7. The van der Waals surface area contributed by atoms with Gasteiger partial charge >= 0.3 is 0 Å². The summed E-state index contributed by atoms with van der Waals surface area (Å²) < 4.78 is 82.4. The molecule has 39 heteroatoms. The van der Waals surface area contributed by atoms with Gasteiger partial charge in [-0.15, -0.1) is 0 Å². The number of phenols is 3. The minimum Gasteiger partial charge on any atom is -0.507 e. The lowest BCUT2D eigenvalue weighted by atomic mass is 10.0. The monoisotopic (exact) mass is 1700 g/mol. The number of hydrogen-bond acceptors (Lipinski definition) is 24. The lowest BCUT2D eigenvalue weighted by Crippen LogP contribution is -2.48. The van der Waals surface area contributed by atoms with E-state index in [9.17, 15) is 114 Å². The van der Waals surface area contributed by atoms with Gasteiger partial charge in [-0.3, -0.25) is 71.9 Å². The van der Waals surface area contributed by atoms with Crippen molar-refractivity contribution in [1.82, 2.24) is 46.6 Å². The first-order valence-electron chi connectivity index (χ1n) is 33.5. The highest BCUT2D eigenvalue weighted by atomic mass is 32.2. The number of carbonyl (C=O) groups is 15. The van der Waals surface area contributed by atoms with E-state index in [0.717, 1.165) is 18.2 Å². The van der Waals surface area contributed by atoms with E-state index in [0.29, 0.717) is 88.8 Å². The van der Waals surface area contributed by atoms with Crippen LogP contribution < -0.4 is 31.9 Å². The van der Waals surface area contributed by atoms with Crippen molar-refractivity contribution in [2.75, 3.05) is 76.8 Å². The Bertz CT molecular complexity index is 4170. The van der Waals surface area contributed by atoms with Crippen LogP contribution >= 0.6 is 70.6 Å². The molecular weight excluding hydrogens is 1620 g/mol. The van der Waals surface area contributed by atoms with Crippen LogP contribution in [0, 0.1) is 34.9 Å². The van der Waals surface area contributed by atoms with Crippen molar-refractivity contribution >= 4 is 154 Å². The number of carbonyl (C=O) groups excluding carboxylic acids is 15. The molecule has 0 radical (unpaired) electrons. The SMILES string of the molecule is CC(=O)NC(CSC(=O)c1cc(-c2ccc(F)cc2F)ccc1O)C(=O)SCC(NC(C)=O)C(=O)N(C)C.CC(=O)N[C@@H](CSC(=O)c1cc(-c2ccc(F)cc2F)ccc1O)C(=O)SC[C@H](NC(C)=O)C(=O)N(C)C.CC(=O)N[C@H](CSC(=O)c1cc(-c2ccc(F)cc2F)ccc1O)C(=O)SC[C@@H](NC(C)=O)C(=O)N(C)C. The predicted molar refractivity (Wildman–Crippen MR) is 425 cm³/mol. The molecule has 0 spiro atoms. The maximum absolute atomic E-state index is 14.2. The van der Waals surface area contributed by atoms with Crippen LogP contribution in [0.25, 0.3) is 33.4 Å². The molecule has 0 saturated heterocycles. The molecule has 0 aliphatic heterocycles. The highest BCUT2D eigenvalue weighted by molar-refractivity contribution is 8.16. The number of aromatic hydroxyl groups is 3. The molecule has 6 rings (SSSR count). The lowest BCUT2D eigenvalue weighted by molar-refractivity contribution is -0.133. The van der Waals surface area contributed by atoms with E-state index in [2.05, 4.69) is 31.9 Å². The fourth-order valence-corrected chi connectivity index (χ4v) is 15.4. The molecule has 6 aromatic rings. The molecule has 0 saturated carbocycles. The highest BCUT2D eigenvalue weighted by Gasteiger charge is 2.32. The summed E-state index contributed by atoms with van der Waals surface area (Å²) in [5.41, 5.74) is 0.245. The number of nitrogens with one attached hydrogen (secondary N) is 6. The van der Waals surface area contributed by atoms with Crippen LogP contribution in [0.3, 0.4) is 0 Å². The number of phenolic OH excluding ortho intramolecular Hbond substituents is 3. The van der Waals surface area contributed by atoms with Gasteiger partial charge in [0.25, 0.3) is 0 Å². The second-order valence-corrected chi connectivity index (χ2v) is 31.0. The summed E-state index contributed by atoms with van der Waals surface area (Å²) in [6.07, 6.45) is 0. The standard InChI is InChI=1S/3C25H27F2N3O6S2/c3*1-13(31)28-20(23(34)30(3)4)11-38-25(36)21(29-14(2)32)12-37-24(35)18-9-15(5-8-22(18)33)17-7-6-16(26)10-19(17)27/h3*5-10,20-21,33H,11-12H2,1-4H3,(H,28,31)(H,29,32)/t2*20-,21-;/m10./s1. The van der Waals surface area contributed by atoms with Gasteiger partial charge in [0, 0.05) is 153 Å². The summed E-state index contributed by atoms with van der Waals surface area (Å²) >= 11 is 4.07. The van der Waals surface area contributed by atoms with E-state index < -0.39 is 155 Å². The zero-order valence-corrected chi connectivity index (χ0v) is 68.0. The molecule has 0 bridgehead atoms. The average molecular weight is 1700 g/mol. The quantitative estimate of drug-likeness (QED) is 0.0195. The second-order valence-electron chi connectivity index (χ2n) is 25.0. The molecular formula is C75H81F6N9O18S6. The van der Waals surface area contributed by atoms with Crippen molar-refractivity contribution in [3.63, 3.8) is 0 Å². The summed E-state index contributed by atoms with van der Waals surface area (Å²) in [5.74, 6) is -11.1. The number of amides is 9. The van der Waals surface area contributed by atoms with Crippen LogP contribution in [-0.4, -0.2) is 227 Å². The molecule has 0 aromatic heterocycles. The summed E-state index contributed by atoms with van der Waals surface area (Å²) in [4.78, 5) is 187. The predicted octanol–water partition coefficient (Wildman–Crippen LogP) is 7.70. The van der Waals surface area contributed by atoms with Crippen LogP contribution in [0.15, 0.2) is 109 Å². The largest absolute Gasteiger partial charge is 0.507 e. The second kappa shape index (κ2) is 46.1. The van der Waals surface area contributed by atoms with E-state index in [1.54, 1.807) is 0 Å². The van der Waals surface area contributed by atoms with Gasteiger partial charge in [-0.1, -0.05) is 88.8 Å². The van der Waals surface area contributed by atoms with Gasteiger partial charge in [-0.2, -0.15) is 0 Å². The summed E-state index contributed by atoms with van der Waals surface area (Å²) in [7, 11) is 9.01. The Morgan fingerprint density at radius 1 is 0.298 bits per heavy atom. The van der Waals surface area contributed by atoms with Gasteiger partial charge in [-0.05, 0) is 89.5 Å². The summed E-state index contributed by atoms with van der Waals surface area (Å²) in [6, 6.07) is 14.0. The molecule has 0 aliphatic carbocycles. The van der Waals surface area contributed by atoms with E-state index in [-0.39, 0.29) is 102 Å². The van der Waals surface area contributed by atoms with Crippen molar-refractivity contribution in [2.24, 2.45) is 0 Å². The van der Waals surface area contributed by atoms with Gasteiger partial charge in [0.1, 0.15) is 88.4 Å². The lowest BCUT2D eigenvalue weighted by Gasteiger charge is -2.22. The molecule has 0 aliphatic rings. The normalized spacial score (nSPS) is 12.3. The van der Waals surface area contributed by atoms with Crippen molar-refractivity contribution in [2.45, 2.75) is 77.8 Å². The molecule has 9 N–H and O–H groups in total. The summed E-state index contributed by atoms with van der Waals surface area (Å²) in [5, 5.41) is 41.8. The first-order chi connectivity index (χ1) is 53.4. The Morgan fingerprint density at radius 3 is 0.693 bits per heavy atom. The van der Waals surface area contributed by atoms with Crippen LogP contribution in [0.1, 0.15) is 72.6 Å². The number of benzene rings is 6. The number of halogens is 6. The fraction of sp³-hybridized carbons (Fsp3) is 0.320. The van der Waals surface area contributed by atoms with Crippen molar-refractivity contribution in [3.8, 4) is 50.6 Å². The van der Waals surface area contributed by atoms with Gasteiger partial charge in [0.05, 0.1) is 16.7 Å². The third-order valence-corrected chi connectivity index (χ3v) is 21.2. The average Bonchev–Trinajstić information content (AvgIpc) is 0.820. The Morgan fingerprint density at radius 2 is 0.500 bits per heavy atom. The number of hydrogen-bond donors (Lipinski definition) is 9. The van der Waals surface area contributed by atoms with Crippen molar-refractivity contribution in [3.05, 3.63) is 161 Å². The molecule has 27 nitrogen and oxygen atoms in total. The van der Waals surface area contributed by atoms with Crippen LogP contribution in [0.5, 0.6) is 17.2 Å². The fourth-order valence-electron chi connectivity index (χ4n) is 9.72. The van der Waals surface area contributed by atoms with Crippen molar-refractivity contribution < 1.29 is 114 Å². The zero-order valence-electron chi connectivity index (χ0n) is 63.1. The van der Waals surface area contributed by atoms with E-state index in [1.165, 1.54) is 171 Å². The summed E-state index contributed by atoms with van der Waals surface area (Å²) in [6.45, 7) is 7.29. The molecule has 0 heterocycles. The smallest absolute Gasteiger partial charge is 0.245 e. The maximum Gasteiger partial charge on any atom is 0.245 e. The van der Waals surface area contributed by atoms with Crippen LogP contribution in [-0.2, 0) is 57.5 Å². The molecule has 2 unspecified atom stereocenters. The minimum atomic E-state index is -1.13. The maximum atomic E-state index is 14.2. The van der Waals surface area contributed by atoms with Crippen LogP contribution in [0.4, 0.5) is 26.3 Å². The third-order valence-electron chi connectivity index (χ3n) is 15.0. The molecule has 6 aromatic carbocycles. The Balaban J connectivity index is 0.000000360. The highest BCUT2D eigenvalue weighted by Crippen LogP contribution is 2.35. The molecule has 114 heavy (non-hydrogen) atoms. The Labute approximate surface area is 676 Å². The number of rotatable bonds is 30. The van der Waals surface area contributed by atoms with Crippen LogP contribution in [0.2, 0.25) is 0 Å². The van der Waals surface area contributed by atoms with Gasteiger partial charge < -0.3 is 61.9 Å². The molecule has 612 valence electrons. The number of nitrogens with zero attached hydrogens (tertiary/aromatic N) is 3. The molecule has 0 fully saturated rings. The Hall–Kier alpha value is -10.4.